The first-order valence-electron chi connectivity index (χ1n) is 18.0. The zero-order chi connectivity index (χ0) is 36.5. The van der Waals surface area contributed by atoms with Crippen molar-refractivity contribution >= 4 is 34.5 Å². The highest BCUT2D eigenvalue weighted by Crippen LogP contribution is 2.56. The van der Waals surface area contributed by atoms with E-state index >= 15 is 0 Å². The fourth-order valence-electron chi connectivity index (χ4n) is 7.78. The zero-order valence-corrected chi connectivity index (χ0v) is 30.1. The summed E-state index contributed by atoms with van der Waals surface area (Å²) < 4.78 is 12.2. The molecule has 3 heterocycles. The van der Waals surface area contributed by atoms with Gasteiger partial charge in [0.15, 0.2) is 5.78 Å². The van der Waals surface area contributed by atoms with Gasteiger partial charge in [-0.1, -0.05) is 57.2 Å². The Labute approximate surface area is 299 Å². The van der Waals surface area contributed by atoms with Gasteiger partial charge in [-0.2, -0.15) is 0 Å². The fourth-order valence-corrected chi connectivity index (χ4v) is 7.78. The molecule has 270 valence electrons. The van der Waals surface area contributed by atoms with E-state index in [-0.39, 0.29) is 49.3 Å². The molecule has 0 radical (unpaired) electrons. The van der Waals surface area contributed by atoms with E-state index in [2.05, 4.69) is 6.58 Å². The van der Waals surface area contributed by atoms with Crippen LogP contribution in [0.1, 0.15) is 65.7 Å². The largest absolute Gasteiger partial charge is 0.497 e. The third-order valence-corrected chi connectivity index (χ3v) is 11.0. The molecule has 2 saturated heterocycles. The summed E-state index contributed by atoms with van der Waals surface area (Å²) >= 11 is 0. The van der Waals surface area contributed by atoms with Crippen LogP contribution in [0.2, 0.25) is 0 Å². The Morgan fingerprint density at radius 2 is 1.78 bits per heavy atom. The highest BCUT2D eigenvalue weighted by atomic mass is 16.5. The summed E-state index contributed by atoms with van der Waals surface area (Å²) in [6.07, 6.45) is 4.36. The predicted octanol–water partition coefficient (Wildman–Crippen LogP) is 6.56. The maximum Gasteiger partial charge on any atom is 0.310 e. The Hall–Kier alpha value is -4.73. The van der Waals surface area contributed by atoms with Crippen molar-refractivity contribution in [1.82, 2.24) is 14.8 Å². The van der Waals surface area contributed by atoms with Gasteiger partial charge in [-0.25, -0.2) is 4.98 Å². The Morgan fingerprint density at radius 1 is 1.06 bits per heavy atom. The topological polar surface area (TPSA) is 126 Å². The molecule has 1 N–H and O–H groups in total. The van der Waals surface area contributed by atoms with Crippen molar-refractivity contribution in [3.8, 4) is 22.8 Å². The molecule has 1 aliphatic carbocycles. The molecule has 3 fully saturated rings. The van der Waals surface area contributed by atoms with Crippen LogP contribution in [0.15, 0.2) is 67.3 Å². The van der Waals surface area contributed by atoms with E-state index < -0.39 is 34.9 Å². The lowest BCUT2D eigenvalue weighted by Gasteiger charge is -2.36. The third-order valence-electron chi connectivity index (χ3n) is 11.0. The molecule has 10 nitrogen and oxygen atoms in total. The van der Waals surface area contributed by atoms with Crippen LogP contribution in [0.5, 0.6) is 11.5 Å². The number of carbonyl (C=O) groups is 4. The molecule has 2 aliphatic heterocycles. The zero-order valence-electron chi connectivity index (χ0n) is 30.1. The Bertz CT molecular complexity index is 1810. The SMILES string of the molecule is C=CC1CC1(CC(=O)[C@@H]1C[C@@H](Oc2cc(-c3ccccc3)nc3cc(OC)ccc23)CN1C(=O)[C@@H](CC(=O)N1CCCCC1)C(C)(C)C)C(=O)O. The van der Waals surface area contributed by atoms with Gasteiger partial charge in [0.25, 0.3) is 0 Å². The number of Topliss-reactive ketones (excluding diaryl/α,β-unsaturated/α-hetero) is 1. The molecule has 2 unspecified atom stereocenters. The Kier molecular flexibility index (Phi) is 10.2. The van der Waals surface area contributed by atoms with E-state index in [4.69, 9.17) is 14.5 Å². The van der Waals surface area contributed by atoms with Crippen LogP contribution < -0.4 is 9.47 Å². The summed E-state index contributed by atoms with van der Waals surface area (Å²) in [6, 6.07) is 16.3. The number of aliphatic carboxylic acids is 1. The van der Waals surface area contributed by atoms with Crippen molar-refractivity contribution < 1.29 is 33.8 Å². The summed E-state index contributed by atoms with van der Waals surface area (Å²) in [6.45, 7) is 11.1. The van der Waals surface area contributed by atoms with Crippen molar-refractivity contribution in [1.29, 1.82) is 0 Å². The number of ketones is 1. The van der Waals surface area contributed by atoms with E-state index in [0.717, 1.165) is 30.2 Å². The third kappa shape index (κ3) is 7.51. The number of rotatable bonds is 12. The lowest BCUT2D eigenvalue weighted by molar-refractivity contribution is -0.150. The second-order valence-electron chi connectivity index (χ2n) is 15.5. The van der Waals surface area contributed by atoms with Gasteiger partial charge in [-0.05, 0) is 49.1 Å². The number of hydrogen-bond donors (Lipinski definition) is 1. The van der Waals surface area contributed by atoms with Gasteiger partial charge >= 0.3 is 5.97 Å². The fraction of sp³-hybridized carbons (Fsp3) is 0.488. The Morgan fingerprint density at radius 3 is 2.41 bits per heavy atom. The number of fused-ring (bicyclic) bond motifs is 1. The van der Waals surface area contributed by atoms with Gasteiger partial charge in [0, 0.05) is 55.4 Å². The maximum absolute atomic E-state index is 14.7. The van der Waals surface area contributed by atoms with Crippen LogP contribution in [-0.2, 0) is 19.2 Å². The van der Waals surface area contributed by atoms with Gasteiger partial charge in [0.05, 0.1) is 42.2 Å². The van der Waals surface area contributed by atoms with E-state index in [1.165, 1.54) is 0 Å². The second-order valence-corrected chi connectivity index (χ2v) is 15.5. The van der Waals surface area contributed by atoms with Crippen LogP contribution in [0, 0.1) is 22.7 Å². The van der Waals surface area contributed by atoms with Gasteiger partial charge in [0.1, 0.15) is 17.6 Å². The average molecular weight is 696 g/mol. The molecule has 2 aromatic carbocycles. The summed E-state index contributed by atoms with van der Waals surface area (Å²) in [7, 11) is 1.60. The molecule has 51 heavy (non-hydrogen) atoms. The number of nitrogens with zero attached hydrogens (tertiary/aromatic N) is 3. The van der Waals surface area contributed by atoms with Crippen molar-refractivity contribution in [2.75, 3.05) is 26.7 Å². The number of piperidine rings is 1. The van der Waals surface area contributed by atoms with Crippen LogP contribution in [-0.4, -0.2) is 82.3 Å². The van der Waals surface area contributed by atoms with Gasteiger partial charge in [0.2, 0.25) is 11.8 Å². The molecule has 1 aromatic heterocycles. The number of ether oxygens (including phenoxy) is 2. The molecule has 3 aromatic rings. The molecular formula is C41H49N3O7. The monoisotopic (exact) mass is 695 g/mol. The summed E-state index contributed by atoms with van der Waals surface area (Å²) in [5.41, 5.74) is 0.468. The minimum absolute atomic E-state index is 0.0418. The summed E-state index contributed by atoms with van der Waals surface area (Å²) in [5, 5.41) is 10.9. The van der Waals surface area contributed by atoms with Gasteiger partial charge < -0.3 is 24.4 Å². The molecule has 1 saturated carbocycles. The van der Waals surface area contributed by atoms with Gasteiger partial charge in [-0.15, -0.1) is 6.58 Å². The number of carbonyl (C=O) groups excluding carboxylic acids is 3. The van der Waals surface area contributed by atoms with E-state index in [0.29, 0.717) is 42.2 Å². The first-order chi connectivity index (χ1) is 24.3. The number of pyridine rings is 1. The van der Waals surface area contributed by atoms with E-state index in [1.54, 1.807) is 18.1 Å². The lowest BCUT2D eigenvalue weighted by Crippen LogP contribution is -2.49. The second kappa shape index (κ2) is 14.5. The van der Waals surface area contributed by atoms with Crippen molar-refractivity contribution in [3.05, 3.63) is 67.3 Å². The van der Waals surface area contributed by atoms with Crippen molar-refractivity contribution in [2.24, 2.45) is 22.7 Å². The number of methoxy groups -OCH3 is 1. The normalized spacial score (nSPS) is 23.8. The lowest BCUT2D eigenvalue weighted by atomic mass is 9.77. The number of aromatic nitrogens is 1. The van der Waals surface area contributed by atoms with E-state index in [1.807, 2.05) is 80.3 Å². The summed E-state index contributed by atoms with van der Waals surface area (Å²) in [5.74, 6) is -1.48. The molecule has 5 atom stereocenters. The van der Waals surface area contributed by atoms with Crippen LogP contribution >= 0.6 is 0 Å². The van der Waals surface area contributed by atoms with Crippen molar-refractivity contribution in [2.45, 2.75) is 77.9 Å². The molecule has 10 heteroatoms. The number of likely N-dealkylation sites (tertiary alicyclic amines) is 2. The number of benzene rings is 2. The highest BCUT2D eigenvalue weighted by molar-refractivity contribution is 5.96. The van der Waals surface area contributed by atoms with Crippen molar-refractivity contribution in [3.63, 3.8) is 0 Å². The molecule has 0 bridgehead atoms. The van der Waals surface area contributed by atoms with Gasteiger partial charge in [-0.3, -0.25) is 19.2 Å². The first-order valence-corrected chi connectivity index (χ1v) is 18.0. The average Bonchev–Trinajstić information content (AvgIpc) is 3.69. The number of hydrogen-bond acceptors (Lipinski definition) is 7. The Balaban J connectivity index is 1.33. The minimum Gasteiger partial charge on any atom is -0.497 e. The smallest absolute Gasteiger partial charge is 0.310 e. The van der Waals surface area contributed by atoms with Crippen LogP contribution in [0.3, 0.4) is 0 Å². The highest BCUT2D eigenvalue weighted by Gasteiger charge is 2.61. The minimum atomic E-state index is -1.22. The number of amides is 2. The first kappa shape index (κ1) is 36.1. The number of carboxylic acids is 1. The standard InChI is InChI=1S/C41H49N3O7/c1-6-27-23-41(27,39(48)49)24-35(45)34-20-29(25-44(34)38(47)31(40(2,3)4)21-37(46)43-17-11-8-12-18-43)51-36-22-32(26-13-9-7-10-14-26)42-33-19-28(50-5)15-16-30(33)36/h6-7,9-10,13-16,19,22,27,29,31,34H,1,8,11-12,17-18,20-21,23-25H2,2-5H3,(H,48,49)/t27?,29-,31-,34+,41?/m1/s1. The van der Waals surface area contributed by atoms with Crippen LogP contribution in [0.25, 0.3) is 22.2 Å². The molecule has 3 aliphatic rings. The molecular weight excluding hydrogens is 646 g/mol. The van der Waals surface area contributed by atoms with E-state index in [9.17, 15) is 24.3 Å². The molecule has 2 amide bonds. The number of allylic oxidation sites excluding steroid dienone is 1. The quantitative estimate of drug-likeness (QED) is 0.211. The maximum atomic E-state index is 14.7. The summed E-state index contributed by atoms with van der Waals surface area (Å²) in [4.78, 5) is 63.1. The number of carboxylic acid groups (broad SMARTS) is 1. The molecule has 6 rings (SSSR count). The van der Waals surface area contributed by atoms with Crippen LogP contribution in [0.4, 0.5) is 0 Å². The molecule has 0 spiro atoms. The predicted molar refractivity (Wildman–Crippen MR) is 194 cm³/mol.